The van der Waals surface area contributed by atoms with Crippen LogP contribution in [0.25, 0.3) is 179 Å². The van der Waals surface area contributed by atoms with Gasteiger partial charge in [-0.15, -0.1) is 0 Å². The summed E-state index contributed by atoms with van der Waals surface area (Å²) in [5.41, 5.74) is 18.3. The van der Waals surface area contributed by atoms with Gasteiger partial charge in [0.1, 0.15) is 0 Å². The summed E-state index contributed by atoms with van der Waals surface area (Å²) in [6.07, 6.45) is 3.75. The molecule has 0 aliphatic heterocycles. The molecule has 0 radical (unpaired) electrons. The fraction of sp³-hybridized carbons (Fsp3) is 0. The molecule has 0 aliphatic carbocycles. The van der Waals surface area contributed by atoms with Crippen LogP contribution in [0, 0.1) is 0 Å². The van der Waals surface area contributed by atoms with E-state index in [1.807, 2.05) is 30.6 Å². The lowest BCUT2D eigenvalue weighted by Crippen LogP contribution is -2.01. The van der Waals surface area contributed by atoms with Gasteiger partial charge in [-0.2, -0.15) is 0 Å². The number of pyridine rings is 3. The van der Waals surface area contributed by atoms with E-state index in [1.54, 1.807) is 0 Å². The van der Waals surface area contributed by atoms with Crippen LogP contribution in [0.1, 0.15) is 0 Å². The van der Waals surface area contributed by atoms with Crippen molar-refractivity contribution in [3.8, 4) is 135 Å². The molecule has 0 N–H and O–H groups in total. The molecule has 12 aromatic carbocycles. The Labute approximate surface area is 542 Å². The molecule has 0 bridgehead atoms. The summed E-state index contributed by atoms with van der Waals surface area (Å²) in [4.78, 5) is 46.3. The van der Waals surface area contributed by atoms with Gasteiger partial charge in [0.05, 0.1) is 22.6 Å². The van der Waals surface area contributed by atoms with Gasteiger partial charge in [0, 0.05) is 84.2 Å². The van der Waals surface area contributed by atoms with Gasteiger partial charge < -0.3 is 0 Å². The minimum atomic E-state index is 0.565. The normalized spacial score (nSPS) is 11.4. The number of nitrogens with zero attached hydrogens (tertiary/aromatic N) is 9. The molecule has 438 valence electrons. The average molecular weight is 1200 g/mol. The van der Waals surface area contributed by atoms with Crippen molar-refractivity contribution in [3.63, 3.8) is 0 Å². The van der Waals surface area contributed by atoms with Gasteiger partial charge in [-0.05, 0) is 67.6 Å². The smallest absolute Gasteiger partial charge is 0.164 e. The first-order valence-electron chi connectivity index (χ1n) is 31.3. The van der Waals surface area contributed by atoms with Gasteiger partial charge >= 0.3 is 0 Å². The van der Waals surface area contributed by atoms with Gasteiger partial charge in [-0.1, -0.05) is 291 Å². The molecular formula is C85H53N9. The number of hydrogen-bond donors (Lipinski definition) is 0. The third-order valence-corrected chi connectivity index (χ3v) is 17.5. The molecule has 0 saturated heterocycles. The molecule has 0 spiro atoms. The number of para-hydroxylation sites is 1. The number of hydrogen-bond acceptors (Lipinski definition) is 9. The van der Waals surface area contributed by atoms with E-state index >= 15 is 0 Å². The van der Waals surface area contributed by atoms with Crippen molar-refractivity contribution in [1.29, 1.82) is 0 Å². The summed E-state index contributed by atoms with van der Waals surface area (Å²) in [7, 11) is 0. The zero-order valence-electron chi connectivity index (χ0n) is 50.6. The minimum Gasteiger partial charge on any atom is -0.256 e. The van der Waals surface area contributed by atoms with Crippen molar-refractivity contribution in [2.75, 3.05) is 0 Å². The van der Waals surface area contributed by atoms with Crippen LogP contribution in [-0.4, -0.2) is 44.9 Å². The van der Waals surface area contributed by atoms with Crippen LogP contribution in [0.5, 0.6) is 0 Å². The minimum absolute atomic E-state index is 0.565. The van der Waals surface area contributed by atoms with Crippen molar-refractivity contribution in [1.82, 2.24) is 44.9 Å². The lowest BCUT2D eigenvalue weighted by atomic mass is 9.96. The van der Waals surface area contributed by atoms with Crippen LogP contribution < -0.4 is 0 Å². The van der Waals surface area contributed by atoms with Crippen molar-refractivity contribution in [2.24, 2.45) is 0 Å². The van der Waals surface area contributed by atoms with E-state index in [9.17, 15) is 0 Å². The van der Waals surface area contributed by atoms with Crippen LogP contribution >= 0.6 is 0 Å². The highest BCUT2D eigenvalue weighted by atomic mass is 15.0. The highest BCUT2D eigenvalue weighted by molar-refractivity contribution is 6.05. The first-order valence-corrected chi connectivity index (χ1v) is 31.3. The molecule has 0 atom stereocenters. The monoisotopic (exact) mass is 1200 g/mol. The second-order valence-corrected chi connectivity index (χ2v) is 23.3. The van der Waals surface area contributed by atoms with Crippen LogP contribution in [0.4, 0.5) is 0 Å². The lowest BCUT2D eigenvalue weighted by molar-refractivity contribution is 1.07. The number of benzene rings is 12. The number of rotatable bonds is 12. The summed E-state index contributed by atoms with van der Waals surface area (Å²) in [6, 6.07) is 107. The van der Waals surface area contributed by atoms with Crippen LogP contribution in [0.3, 0.4) is 0 Å². The Hall–Kier alpha value is -12.9. The van der Waals surface area contributed by atoms with E-state index in [4.69, 9.17) is 44.9 Å². The summed E-state index contributed by atoms with van der Waals surface area (Å²) in [5, 5.41) is 7.53. The molecule has 94 heavy (non-hydrogen) atoms. The van der Waals surface area contributed by atoms with Gasteiger partial charge in [0.25, 0.3) is 0 Å². The molecule has 9 nitrogen and oxygen atoms in total. The zero-order valence-corrected chi connectivity index (χ0v) is 50.6. The van der Waals surface area contributed by atoms with E-state index in [-0.39, 0.29) is 0 Å². The summed E-state index contributed by atoms with van der Waals surface area (Å²) in [6.45, 7) is 0. The van der Waals surface area contributed by atoms with E-state index in [0.717, 1.165) is 144 Å². The fourth-order valence-corrected chi connectivity index (χ4v) is 12.7. The predicted molar refractivity (Wildman–Crippen MR) is 382 cm³/mol. The Morgan fingerprint density at radius 1 is 0.181 bits per heavy atom. The summed E-state index contributed by atoms with van der Waals surface area (Å²) >= 11 is 0. The first-order chi connectivity index (χ1) is 46.5. The zero-order chi connectivity index (χ0) is 62.3. The second-order valence-electron chi connectivity index (χ2n) is 23.3. The Kier molecular flexibility index (Phi) is 14.0. The Morgan fingerprint density at radius 3 is 1.09 bits per heavy atom. The van der Waals surface area contributed by atoms with E-state index < -0.39 is 0 Å². The number of fused-ring (bicyclic) bond motifs is 4. The van der Waals surface area contributed by atoms with E-state index in [0.29, 0.717) is 34.9 Å². The molecule has 0 aliphatic rings. The molecule has 17 rings (SSSR count). The van der Waals surface area contributed by atoms with Crippen molar-refractivity contribution in [2.45, 2.75) is 0 Å². The Bertz CT molecular complexity index is 5580. The summed E-state index contributed by atoms with van der Waals surface area (Å²) < 4.78 is 0. The standard InChI is InChI=1S/C85H53N9/c1-3-15-54(16-4-1)56-29-39-63(40-30-56)80-89-81(64-41-31-57(32-42-64)55-17-5-2-6-18-55)91-82(90-80)65-43-33-60(34-44-65)71-26-14-27-74-73(50-52-87-79(71)74)76-53-68-21-9-12-25-72(68)78(88-76)62-37-47-67(48-38-62)84-92-83(93-85(94-84)75-28-13-22-58-19-7-10-23-69(58)75)66-45-35-61(36-46-66)77-70-24-11-8-20-59(70)49-51-86-77/h1-53H. The molecule has 0 unspecified atom stereocenters. The highest BCUT2D eigenvalue weighted by Gasteiger charge is 2.20. The van der Waals surface area contributed by atoms with E-state index in [1.165, 1.54) is 0 Å². The van der Waals surface area contributed by atoms with Gasteiger partial charge in [0.15, 0.2) is 34.9 Å². The molecule has 5 heterocycles. The van der Waals surface area contributed by atoms with Crippen LogP contribution in [-0.2, 0) is 0 Å². The number of aromatic nitrogens is 9. The van der Waals surface area contributed by atoms with Crippen molar-refractivity contribution >= 4 is 43.2 Å². The van der Waals surface area contributed by atoms with Gasteiger partial charge in [0.2, 0.25) is 0 Å². The maximum absolute atomic E-state index is 5.53. The second kappa shape index (κ2) is 23.8. The average Bonchev–Trinajstić information content (AvgIpc) is 0.787. The predicted octanol–water partition coefficient (Wildman–Crippen LogP) is 20.9. The van der Waals surface area contributed by atoms with Gasteiger partial charge in [-0.25, -0.2) is 34.9 Å². The molecule has 0 saturated carbocycles. The fourth-order valence-electron chi connectivity index (χ4n) is 12.7. The highest BCUT2D eigenvalue weighted by Crippen LogP contribution is 2.39. The van der Waals surface area contributed by atoms with Crippen molar-refractivity contribution in [3.05, 3.63) is 322 Å². The van der Waals surface area contributed by atoms with Crippen LogP contribution in [0.2, 0.25) is 0 Å². The van der Waals surface area contributed by atoms with Crippen molar-refractivity contribution < 1.29 is 0 Å². The van der Waals surface area contributed by atoms with E-state index in [2.05, 4.69) is 291 Å². The Balaban J connectivity index is 0.703. The lowest BCUT2D eigenvalue weighted by Gasteiger charge is -2.14. The molecule has 0 amide bonds. The maximum Gasteiger partial charge on any atom is 0.164 e. The molecule has 0 fully saturated rings. The van der Waals surface area contributed by atoms with Crippen LogP contribution in [0.15, 0.2) is 322 Å². The SMILES string of the molecule is c1ccc(-c2ccc(-c3nc(-c4ccc(-c5ccccc5)cc4)nc(-c4ccc(-c5cccc6c(-c7cc8ccccc8c(-c8ccc(-c9nc(-c%10ccc(-c%11nccc%12ccccc%11%12)cc%10)nc(-c%10cccc%11ccccc%10%11)n9)cc8)n7)ccnc56)cc4)n3)cc2)cc1. The topological polar surface area (TPSA) is 116 Å². The summed E-state index contributed by atoms with van der Waals surface area (Å²) in [5.74, 6) is 3.51. The Morgan fingerprint density at radius 2 is 0.543 bits per heavy atom. The molecule has 17 aromatic rings. The largest absolute Gasteiger partial charge is 0.256 e. The first kappa shape index (κ1) is 55.2. The molecule has 5 aromatic heterocycles. The third kappa shape index (κ3) is 10.5. The molecule has 9 heteroatoms. The third-order valence-electron chi connectivity index (χ3n) is 17.5. The maximum atomic E-state index is 5.53. The molecular weight excluding hydrogens is 1150 g/mol. The quantitative estimate of drug-likeness (QED) is 0.118. The van der Waals surface area contributed by atoms with Gasteiger partial charge in [-0.3, -0.25) is 9.97 Å².